The number of ether oxygens (including phenoxy) is 2. The minimum Gasteiger partial charge on any atom is -0.348 e. The van der Waals surface area contributed by atoms with Crippen molar-refractivity contribution in [1.82, 2.24) is 0 Å². The van der Waals surface area contributed by atoms with E-state index in [-0.39, 0.29) is 11.9 Å². The molecule has 4 heteroatoms. The lowest BCUT2D eigenvalue weighted by Gasteiger charge is -2.35. The van der Waals surface area contributed by atoms with E-state index >= 15 is 0 Å². The molecule has 1 spiro atoms. The Labute approximate surface area is 119 Å². The topological polar surface area (TPSA) is 52.6 Å². The number of aryl methyl sites for hydroxylation is 1. The third-order valence-electron chi connectivity index (χ3n) is 4.11. The van der Waals surface area contributed by atoms with Gasteiger partial charge in [-0.1, -0.05) is 29.8 Å². The largest absolute Gasteiger partial charge is 0.373 e. The second-order valence-corrected chi connectivity index (χ2v) is 5.38. The van der Waals surface area contributed by atoms with Gasteiger partial charge in [0.15, 0.2) is 5.79 Å². The molecule has 0 aromatic heterocycles. The van der Waals surface area contributed by atoms with E-state index in [9.17, 15) is 0 Å². The molecular weight excluding hydrogens is 256 g/mol. The van der Waals surface area contributed by atoms with Gasteiger partial charge >= 0.3 is 6.15 Å². The molecular formula is C16H20O4. The molecule has 0 radical (unpaired) electrons. The van der Waals surface area contributed by atoms with Crippen LogP contribution >= 0.6 is 0 Å². The molecule has 1 aromatic carbocycles. The van der Waals surface area contributed by atoms with Crippen molar-refractivity contribution in [2.24, 2.45) is 0 Å². The van der Waals surface area contributed by atoms with Crippen LogP contribution in [0.3, 0.4) is 0 Å². The van der Waals surface area contributed by atoms with Gasteiger partial charge in [-0.25, -0.2) is 0 Å². The van der Waals surface area contributed by atoms with Crippen molar-refractivity contribution in [2.75, 3.05) is 13.2 Å². The summed E-state index contributed by atoms with van der Waals surface area (Å²) in [5, 5.41) is 0. The molecule has 1 heterocycles. The van der Waals surface area contributed by atoms with Gasteiger partial charge in [-0.05, 0) is 31.2 Å². The standard InChI is InChI=1S/C15H20O2.CO2/c1-12-2-4-13(5-3-12)14-6-8-15(9-7-14)16-10-11-17-15;2-1-3/h2-5,14H,6-11H2,1H3;. The van der Waals surface area contributed by atoms with Gasteiger partial charge in [-0.2, -0.15) is 9.59 Å². The third-order valence-corrected chi connectivity index (χ3v) is 4.11. The fraction of sp³-hybridized carbons (Fsp3) is 0.562. The van der Waals surface area contributed by atoms with E-state index in [1.54, 1.807) is 0 Å². The Balaban J connectivity index is 0.000000452. The summed E-state index contributed by atoms with van der Waals surface area (Å²) in [6, 6.07) is 8.97. The molecule has 1 aliphatic heterocycles. The minimum atomic E-state index is -0.221. The maximum Gasteiger partial charge on any atom is 0.373 e. The number of benzene rings is 1. The molecule has 0 unspecified atom stereocenters. The maximum absolute atomic E-state index is 8.12. The summed E-state index contributed by atoms with van der Waals surface area (Å²) in [5.74, 6) is 0.468. The highest BCUT2D eigenvalue weighted by Gasteiger charge is 2.40. The maximum atomic E-state index is 8.12. The summed E-state index contributed by atoms with van der Waals surface area (Å²) in [6.07, 6.45) is 4.71. The predicted molar refractivity (Wildman–Crippen MR) is 72.0 cm³/mol. The zero-order valence-electron chi connectivity index (χ0n) is 11.8. The van der Waals surface area contributed by atoms with Gasteiger partial charge in [0.1, 0.15) is 0 Å². The summed E-state index contributed by atoms with van der Waals surface area (Å²) in [6.45, 7) is 3.68. The third kappa shape index (κ3) is 3.54. The van der Waals surface area contributed by atoms with Crippen molar-refractivity contribution in [1.29, 1.82) is 0 Å². The first-order valence-corrected chi connectivity index (χ1v) is 7.03. The van der Waals surface area contributed by atoms with Crippen LogP contribution in [0.15, 0.2) is 24.3 Å². The van der Waals surface area contributed by atoms with E-state index in [1.807, 2.05) is 0 Å². The number of hydrogen-bond acceptors (Lipinski definition) is 4. The summed E-state index contributed by atoms with van der Waals surface area (Å²) >= 11 is 0. The van der Waals surface area contributed by atoms with Gasteiger partial charge in [0.2, 0.25) is 0 Å². The van der Waals surface area contributed by atoms with Gasteiger partial charge in [0.05, 0.1) is 13.2 Å². The molecule has 108 valence electrons. The van der Waals surface area contributed by atoms with Gasteiger partial charge in [-0.3, -0.25) is 0 Å². The predicted octanol–water partition coefficient (Wildman–Crippen LogP) is 2.81. The second-order valence-electron chi connectivity index (χ2n) is 5.38. The highest BCUT2D eigenvalue weighted by molar-refractivity contribution is 5.25. The Bertz CT molecular complexity index is 444. The van der Waals surface area contributed by atoms with Crippen molar-refractivity contribution in [3.63, 3.8) is 0 Å². The number of hydrogen-bond donors (Lipinski definition) is 0. The SMILES string of the molecule is Cc1ccc(C2CCC3(CC2)OCCO3)cc1.O=C=O. The molecule has 2 fully saturated rings. The molecule has 1 aromatic rings. The van der Waals surface area contributed by atoms with E-state index in [2.05, 4.69) is 31.2 Å². The normalized spacial score (nSPS) is 21.1. The summed E-state index contributed by atoms with van der Waals surface area (Å²) in [5.41, 5.74) is 2.81. The molecule has 3 rings (SSSR count). The van der Waals surface area contributed by atoms with Crippen LogP contribution in [0.4, 0.5) is 0 Å². The Morgan fingerprint density at radius 3 is 2.05 bits per heavy atom. The van der Waals surface area contributed by atoms with Crippen molar-refractivity contribution >= 4 is 6.15 Å². The van der Waals surface area contributed by atoms with Crippen LogP contribution in [0.25, 0.3) is 0 Å². The average Bonchev–Trinajstić information content (AvgIpc) is 2.90. The molecule has 0 bridgehead atoms. The van der Waals surface area contributed by atoms with Crippen LogP contribution in [-0.2, 0) is 19.1 Å². The zero-order chi connectivity index (χ0) is 14.4. The fourth-order valence-corrected chi connectivity index (χ4v) is 3.02. The van der Waals surface area contributed by atoms with Gasteiger partial charge in [-0.15, -0.1) is 0 Å². The van der Waals surface area contributed by atoms with Crippen LogP contribution in [0.5, 0.6) is 0 Å². The van der Waals surface area contributed by atoms with Crippen molar-refractivity contribution in [2.45, 2.75) is 44.3 Å². The van der Waals surface area contributed by atoms with Gasteiger partial charge in [0.25, 0.3) is 0 Å². The first-order chi connectivity index (χ1) is 9.69. The number of rotatable bonds is 1. The quantitative estimate of drug-likeness (QED) is 0.791. The van der Waals surface area contributed by atoms with Gasteiger partial charge in [0, 0.05) is 12.8 Å². The molecule has 20 heavy (non-hydrogen) atoms. The molecule has 1 saturated carbocycles. The molecule has 0 amide bonds. The van der Waals surface area contributed by atoms with Crippen molar-refractivity contribution < 1.29 is 19.1 Å². The van der Waals surface area contributed by atoms with Gasteiger partial charge < -0.3 is 9.47 Å². The Morgan fingerprint density at radius 1 is 1.05 bits per heavy atom. The lowest BCUT2D eigenvalue weighted by Crippen LogP contribution is -2.34. The molecule has 2 aliphatic rings. The molecule has 0 atom stereocenters. The summed E-state index contributed by atoms with van der Waals surface area (Å²) in [7, 11) is 0. The van der Waals surface area contributed by atoms with Crippen molar-refractivity contribution in [3.8, 4) is 0 Å². The minimum absolute atomic E-state index is 0.221. The van der Waals surface area contributed by atoms with Crippen LogP contribution in [0.1, 0.15) is 42.7 Å². The Morgan fingerprint density at radius 2 is 1.55 bits per heavy atom. The van der Waals surface area contributed by atoms with E-state index in [1.165, 1.54) is 24.0 Å². The summed E-state index contributed by atoms with van der Waals surface area (Å²) in [4.78, 5) is 16.2. The Kier molecular flexibility index (Phi) is 5.07. The highest BCUT2D eigenvalue weighted by Crippen LogP contribution is 2.42. The second kappa shape index (κ2) is 6.80. The molecule has 1 saturated heterocycles. The smallest absolute Gasteiger partial charge is 0.348 e. The lowest BCUT2D eigenvalue weighted by molar-refractivity contribution is -0.191. The van der Waals surface area contributed by atoms with Crippen molar-refractivity contribution in [3.05, 3.63) is 35.4 Å². The van der Waals surface area contributed by atoms with Crippen LogP contribution < -0.4 is 0 Å². The van der Waals surface area contributed by atoms with Crippen LogP contribution in [0, 0.1) is 6.92 Å². The molecule has 0 N–H and O–H groups in total. The first kappa shape index (κ1) is 14.9. The average molecular weight is 276 g/mol. The lowest BCUT2D eigenvalue weighted by atomic mass is 9.81. The molecule has 1 aliphatic carbocycles. The fourth-order valence-electron chi connectivity index (χ4n) is 3.02. The monoisotopic (exact) mass is 276 g/mol. The summed E-state index contributed by atoms with van der Waals surface area (Å²) < 4.78 is 11.5. The zero-order valence-corrected chi connectivity index (χ0v) is 11.8. The van der Waals surface area contributed by atoms with E-state index in [4.69, 9.17) is 19.1 Å². The van der Waals surface area contributed by atoms with E-state index < -0.39 is 0 Å². The Hall–Kier alpha value is -1.48. The highest BCUT2D eigenvalue weighted by atomic mass is 16.7. The van der Waals surface area contributed by atoms with E-state index in [0.717, 1.165) is 26.1 Å². The van der Waals surface area contributed by atoms with Crippen LogP contribution in [0.2, 0.25) is 0 Å². The molecule has 4 nitrogen and oxygen atoms in total. The first-order valence-electron chi connectivity index (χ1n) is 7.03. The van der Waals surface area contributed by atoms with Crippen LogP contribution in [-0.4, -0.2) is 25.2 Å². The van der Waals surface area contributed by atoms with E-state index in [0.29, 0.717) is 5.92 Å². The number of carbonyl (C=O) groups excluding carboxylic acids is 2.